The quantitative estimate of drug-likeness (QED) is 0.632. The Labute approximate surface area is 105 Å². The molecule has 1 atom stereocenters. The Morgan fingerprint density at radius 3 is 2.61 bits per heavy atom. The molecule has 2 rings (SSSR count). The largest absolute Gasteiger partial charge is 0.458 e. The highest BCUT2D eigenvalue weighted by molar-refractivity contribution is 5.45. The van der Waals surface area contributed by atoms with Crippen molar-refractivity contribution in [2.75, 3.05) is 5.48 Å². The molecule has 0 spiro atoms. The average molecular weight is 246 g/mol. The van der Waals surface area contributed by atoms with E-state index in [1.165, 1.54) is 0 Å². The number of hydrogen-bond acceptors (Lipinski definition) is 5. The van der Waals surface area contributed by atoms with Crippen molar-refractivity contribution in [3.8, 4) is 5.75 Å². The Balaban J connectivity index is 2.03. The predicted octanol–water partition coefficient (Wildman–Crippen LogP) is 3.24. The van der Waals surface area contributed by atoms with Crippen LogP contribution in [-0.2, 0) is 0 Å². The van der Waals surface area contributed by atoms with Crippen molar-refractivity contribution in [3.05, 3.63) is 53.2 Å². The number of benzene rings is 1. The first kappa shape index (κ1) is 12.3. The zero-order valence-corrected chi connectivity index (χ0v) is 9.96. The first-order valence-corrected chi connectivity index (χ1v) is 5.57. The van der Waals surface area contributed by atoms with E-state index in [9.17, 15) is 4.91 Å². The predicted molar refractivity (Wildman–Crippen MR) is 68.5 cm³/mol. The summed E-state index contributed by atoms with van der Waals surface area (Å²) >= 11 is 0. The van der Waals surface area contributed by atoms with Crippen LogP contribution < -0.4 is 10.2 Å². The van der Waals surface area contributed by atoms with Gasteiger partial charge in [0, 0.05) is 6.42 Å². The summed E-state index contributed by atoms with van der Waals surface area (Å²) in [5.74, 6) is 1.34. The minimum Gasteiger partial charge on any atom is -0.458 e. The normalized spacial score (nSPS) is 22.2. The third-order valence-corrected chi connectivity index (χ3v) is 2.75. The molecular formula is C13H14N2O3. The molecule has 94 valence electrons. The van der Waals surface area contributed by atoms with Gasteiger partial charge in [0.1, 0.15) is 17.0 Å². The number of nitrogens with one attached hydrogen (secondary N) is 1. The van der Waals surface area contributed by atoms with Crippen LogP contribution in [-0.4, -0.2) is 10.7 Å². The molecule has 0 saturated carbocycles. The molecule has 18 heavy (non-hydrogen) atoms. The Hall–Kier alpha value is -2.14. The van der Waals surface area contributed by atoms with Gasteiger partial charge in [-0.25, -0.2) is 0 Å². The first-order valence-electron chi connectivity index (χ1n) is 5.57. The second kappa shape index (κ2) is 5.01. The van der Waals surface area contributed by atoms with Gasteiger partial charge in [-0.15, -0.1) is 4.91 Å². The summed E-state index contributed by atoms with van der Waals surface area (Å²) in [4.78, 5) is 10.6. The molecule has 0 aromatic heterocycles. The zero-order valence-electron chi connectivity index (χ0n) is 9.96. The number of nitroso groups, excluding NO2 is 1. The molecule has 5 heteroatoms. The van der Waals surface area contributed by atoms with Crippen molar-refractivity contribution in [3.63, 3.8) is 0 Å². The fourth-order valence-corrected chi connectivity index (χ4v) is 1.58. The van der Waals surface area contributed by atoms with Gasteiger partial charge in [0.15, 0.2) is 0 Å². The van der Waals surface area contributed by atoms with E-state index in [-0.39, 0.29) is 0 Å². The summed E-state index contributed by atoms with van der Waals surface area (Å²) < 4.78 is 5.61. The van der Waals surface area contributed by atoms with Gasteiger partial charge in [0.05, 0.1) is 5.69 Å². The molecule has 0 radical (unpaired) electrons. The number of ether oxygens (including phenoxy) is 1. The molecule has 0 saturated heterocycles. The summed E-state index contributed by atoms with van der Waals surface area (Å²) in [6, 6.07) is 6.86. The lowest BCUT2D eigenvalue weighted by atomic mass is 9.94. The van der Waals surface area contributed by atoms with Crippen molar-refractivity contribution in [2.45, 2.75) is 18.9 Å². The third-order valence-electron chi connectivity index (χ3n) is 2.75. The maximum absolute atomic E-state index is 10.6. The maximum atomic E-state index is 10.6. The smallest absolute Gasteiger partial charge is 0.127 e. The van der Waals surface area contributed by atoms with Crippen LogP contribution in [0.15, 0.2) is 53.4 Å². The van der Waals surface area contributed by atoms with Crippen molar-refractivity contribution in [1.82, 2.24) is 0 Å². The van der Waals surface area contributed by atoms with Crippen LogP contribution in [0.1, 0.15) is 13.3 Å². The van der Waals surface area contributed by atoms with Gasteiger partial charge in [0.2, 0.25) is 0 Å². The molecule has 1 unspecified atom stereocenters. The second-order valence-electron chi connectivity index (χ2n) is 4.33. The molecule has 5 nitrogen and oxygen atoms in total. The summed E-state index contributed by atoms with van der Waals surface area (Å²) in [5, 5.41) is 11.8. The lowest BCUT2D eigenvalue weighted by molar-refractivity contribution is 0.388. The maximum Gasteiger partial charge on any atom is 0.127 e. The molecule has 0 bridgehead atoms. The fourth-order valence-electron chi connectivity index (χ4n) is 1.58. The SMILES string of the molecule is CC1(N=O)C=CC(Oc2ccc(NO)cc2)=CC1. The van der Waals surface area contributed by atoms with Crippen LogP contribution in [0.5, 0.6) is 5.75 Å². The zero-order chi connectivity index (χ0) is 13.0. The van der Waals surface area contributed by atoms with Gasteiger partial charge >= 0.3 is 0 Å². The molecule has 1 aliphatic rings. The fraction of sp³-hybridized carbons (Fsp3) is 0.231. The van der Waals surface area contributed by atoms with Crippen LogP contribution in [0.2, 0.25) is 0 Å². The van der Waals surface area contributed by atoms with E-state index >= 15 is 0 Å². The van der Waals surface area contributed by atoms with Gasteiger partial charge in [-0.1, -0.05) is 5.18 Å². The van der Waals surface area contributed by atoms with E-state index in [0.29, 0.717) is 23.6 Å². The molecule has 1 aliphatic carbocycles. The van der Waals surface area contributed by atoms with Gasteiger partial charge < -0.3 is 4.74 Å². The van der Waals surface area contributed by atoms with Gasteiger partial charge in [-0.2, -0.15) is 0 Å². The second-order valence-corrected chi connectivity index (χ2v) is 4.33. The van der Waals surface area contributed by atoms with Crippen LogP contribution >= 0.6 is 0 Å². The number of hydrogen-bond donors (Lipinski definition) is 2. The summed E-state index contributed by atoms with van der Waals surface area (Å²) in [6.45, 7) is 1.77. The Morgan fingerprint density at radius 1 is 1.39 bits per heavy atom. The van der Waals surface area contributed by atoms with E-state index in [4.69, 9.17) is 9.94 Å². The lowest BCUT2D eigenvalue weighted by Gasteiger charge is -2.19. The average Bonchev–Trinajstić information content (AvgIpc) is 2.42. The van der Waals surface area contributed by atoms with Crippen molar-refractivity contribution in [1.29, 1.82) is 0 Å². The first-order chi connectivity index (χ1) is 8.65. The number of allylic oxidation sites excluding steroid dienone is 1. The van der Waals surface area contributed by atoms with E-state index in [0.717, 1.165) is 0 Å². The number of anilines is 1. The topological polar surface area (TPSA) is 70.9 Å². The van der Waals surface area contributed by atoms with Gasteiger partial charge in [0.25, 0.3) is 0 Å². The van der Waals surface area contributed by atoms with Gasteiger partial charge in [-0.05, 0) is 49.4 Å². The summed E-state index contributed by atoms with van der Waals surface area (Å²) in [6.07, 6.45) is 5.83. The van der Waals surface area contributed by atoms with Gasteiger partial charge in [-0.3, -0.25) is 10.7 Å². The monoisotopic (exact) mass is 246 g/mol. The molecule has 0 fully saturated rings. The van der Waals surface area contributed by atoms with E-state index in [1.807, 2.05) is 11.6 Å². The Morgan fingerprint density at radius 2 is 2.11 bits per heavy atom. The third kappa shape index (κ3) is 2.75. The summed E-state index contributed by atoms with van der Waals surface area (Å²) in [7, 11) is 0. The van der Waals surface area contributed by atoms with Crippen LogP contribution in [0.3, 0.4) is 0 Å². The number of nitrogens with zero attached hydrogens (tertiary/aromatic N) is 1. The highest BCUT2D eigenvalue weighted by atomic mass is 16.5. The highest BCUT2D eigenvalue weighted by Gasteiger charge is 2.23. The van der Waals surface area contributed by atoms with Crippen molar-refractivity contribution in [2.24, 2.45) is 5.18 Å². The molecule has 0 aliphatic heterocycles. The van der Waals surface area contributed by atoms with Crippen molar-refractivity contribution < 1.29 is 9.94 Å². The minimum absolute atomic E-state index is 0.526. The van der Waals surface area contributed by atoms with E-state index in [2.05, 4.69) is 5.18 Å². The minimum atomic E-state index is -0.669. The van der Waals surface area contributed by atoms with Crippen LogP contribution in [0.4, 0.5) is 5.69 Å². The lowest BCUT2D eigenvalue weighted by Crippen LogP contribution is -2.19. The van der Waals surface area contributed by atoms with Crippen LogP contribution in [0, 0.1) is 4.91 Å². The standard InChI is InChI=1S/C13H14N2O3/c1-13(15-17)8-6-12(7-9-13)18-11-4-2-10(14-16)3-5-11/h2-8,14,16H,9H2,1H3. The molecule has 1 aromatic rings. The summed E-state index contributed by atoms with van der Waals surface area (Å²) in [5.41, 5.74) is 1.97. The highest BCUT2D eigenvalue weighted by Crippen LogP contribution is 2.26. The molecule has 2 N–H and O–H groups in total. The van der Waals surface area contributed by atoms with Crippen LogP contribution in [0.25, 0.3) is 0 Å². The molecule has 0 heterocycles. The Kier molecular flexibility index (Phi) is 3.43. The molecule has 1 aromatic carbocycles. The Bertz CT molecular complexity index is 493. The van der Waals surface area contributed by atoms with E-state index < -0.39 is 5.54 Å². The molecular weight excluding hydrogens is 232 g/mol. The van der Waals surface area contributed by atoms with Crippen molar-refractivity contribution >= 4 is 5.69 Å². The molecule has 0 amide bonds. The number of rotatable bonds is 4. The van der Waals surface area contributed by atoms with E-state index in [1.54, 1.807) is 43.3 Å².